The first-order valence-electron chi connectivity index (χ1n) is 6.30. The molecule has 2 N–H and O–H groups in total. The summed E-state index contributed by atoms with van der Waals surface area (Å²) in [5, 5.41) is 4.65. The highest BCUT2D eigenvalue weighted by Crippen LogP contribution is 2.22. The van der Waals surface area contributed by atoms with Gasteiger partial charge in [-0.25, -0.2) is 4.98 Å². The van der Waals surface area contributed by atoms with Crippen LogP contribution in [0.25, 0.3) is 10.9 Å². The average molecular weight is 320 g/mol. The number of aromatic nitrogens is 2. The Kier molecular flexibility index (Phi) is 3.82. The highest BCUT2D eigenvalue weighted by molar-refractivity contribution is 6.42. The van der Waals surface area contributed by atoms with E-state index in [-0.39, 0.29) is 5.56 Å². The zero-order valence-electron chi connectivity index (χ0n) is 10.9. The molecule has 0 aliphatic rings. The van der Waals surface area contributed by atoms with Crippen molar-refractivity contribution in [3.63, 3.8) is 0 Å². The molecule has 2 aromatic carbocycles. The van der Waals surface area contributed by atoms with E-state index in [0.717, 1.165) is 5.56 Å². The lowest BCUT2D eigenvalue weighted by Crippen LogP contribution is -2.13. The van der Waals surface area contributed by atoms with Crippen molar-refractivity contribution in [2.75, 3.05) is 5.32 Å². The fourth-order valence-electron chi connectivity index (χ4n) is 2.01. The highest BCUT2D eigenvalue weighted by Gasteiger charge is 2.04. The Morgan fingerprint density at radius 3 is 2.71 bits per heavy atom. The number of aromatic amines is 1. The molecular weight excluding hydrogens is 309 g/mol. The maximum atomic E-state index is 11.9. The van der Waals surface area contributed by atoms with Crippen molar-refractivity contribution >= 4 is 40.1 Å². The molecule has 0 amide bonds. The summed E-state index contributed by atoms with van der Waals surface area (Å²) in [5.41, 5.74) is 1.43. The number of nitrogens with zero attached hydrogens (tertiary/aromatic N) is 1. The molecule has 0 atom stereocenters. The molecule has 6 heteroatoms. The predicted molar refractivity (Wildman–Crippen MR) is 86.2 cm³/mol. The molecule has 4 nitrogen and oxygen atoms in total. The number of hydrogen-bond donors (Lipinski definition) is 2. The number of rotatable bonds is 3. The third-order valence-corrected chi connectivity index (χ3v) is 3.80. The van der Waals surface area contributed by atoms with Gasteiger partial charge >= 0.3 is 0 Å². The van der Waals surface area contributed by atoms with Crippen LogP contribution in [0.1, 0.15) is 5.56 Å². The van der Waals surface area contributed by atoms with Gasteiger partial charge in [-0.15, -0.1) is 0 Å². The topological polar surface area (TPSA) is 57.8 Å². The minimum Gasteiger partial charge on any atom is -0.352 e. The number of H-pyrrole nitrogens is 1. The number of halogens is 2. The Hall–Kier alpha value is -2.04. The molecule has 0 radical (unpaired) electrons. The maximum absolute atomic E-state index is 11.9. The largest absolute Gasteiger partial charge is 0.352 e. The number of anilines is 1. The number of nitrogens with one attached hydrogen (secondary N) is 2. The fraction of sp³-hybridized carbons (Fsp3) is 0.0667. The Bertz CT molecular complexity index is 861. The zero-order valence-corrected chi connectivity index (χ0v) is 12.4. The van der Waals surface area contributed by atoms with Gasteiger partial charge in [0.05, 0.1) is 20.9 Å². The quantitative estimate of drug-likeness (QED) is 0.771. The monoisotopic (exact) mass is 319 g/mol. The van der Waals surface area contributed by atoms with E-state index >= 15 is 0 Å². The van der Waals surface area contributed by atoms with E-state index in [1.807, 2.05) is 18.2 Å². The van der Waals surface area contributed by atoms with Crippen molar-refractivity contribution < 1.29 is 0 Å². The van der Waals surface area contributed by atoms with Crippen molar-refractivity contribution in [3.05, 3.63) is 68.4 Å². The van der Waals surface area contributed by atoms with Crippen LogP contribution in [0, 0.1) is 0 Å². The minimum absolute atomic E-state index is 0.169. The Morgan fingerprint density at radius 2 is 1.90 bits per heavy atom. The maximum Gasteiger partial charge on any atom is 0.260 e. The summed E-state index contributed by atoms with van der Waals surface area (Å²) < 4.78 is 0. The van der Waals surface area contributed by atoms with Crippen molar-refractivity contribution in [3.8, 4) is 0 Å². The van der Waals surface area contributed by atoms with Gasteiger partial charge in [0.15, 0.2) is 0 Å². The van der Waals surface area contributed by atoms with Crippen molar-refractivity contribution in [1.82, 2.24) is 9.97 Å². The summed E-state index contributed by atoms with van der Waals surface area (Å²) in [4.78, 5) is 19.0. The number of hydrogen-bond acceptors (Lipinski definition) is 3. The van der Waals surface area contributed by atoms with Gasteiger partial charge in [-0.05, 0) is 29.8 Å². The predicted octanol–water partition coefficient (Wildman–Crippen LogP) is 3.84. The van der Waals surface area contributed by atoms with E-state index in [2.05, 4.69) is 15.3 Å². The molecule has 106 valence electrons. The molecule has 3 aromatic rings. The van der Waals surface area contributed by atoms with Crippen LogP contribution in [0.2, 0.25) is 10.0 Å². The van der Waals surface area contributed by atoms with Gasteiger partial charge in [0.1, 0.15) is 0 Å². The summed E-state index contributed by atoms with van der Waals surface area (Å²) in [7, 11) is 0. The standard InChI is InChI=1S/C15H11Cl2N3O/c16-11-6-5-9(7-12(11)17)8-18-15-19-13-4-2-1-3-10(13)14(21)20-15/h1-7H,8H2,(H2,18,19,20,21). The lowest BCUT2D eigenvalue weighted by atomic mass is 10.2. The number of fused-ring (bicyclic) bond motifs is 1. The van der Waals surface area contributed by atoms with Gasteiger partial charge in [0, 0.05) is 6.54 Å². The van der Waals surface area contributed by atoms with Gasteiger partial charge in [0.2, 0.25) is 5.95 Å². The Morgan fingerprint density at radius 1 is 1.10 bits per heavy atom. The number of benzene rings is 2. The van der Waals surface area contributed by atoms with Crippen LogP contribution in [-0.2, 0) is 6.54 Å². The summed E-state index contributed by atoms with van der Waals surface area (Å²) in [5.74, 6) is 0.421. The van der Waals surface area contributed by atoms with E-state index in [9.17, 15) is 4.79 Å². The highest BCUT2D eigenvalue weighted by atomic mass is 35.5. The molecule has 0 spiro atoms. The van der Waals surface area contributed by atoms with Crippen LogP contribution in [0.3, 0.4) is 0 Å². The van der Waals surface area contributed by atoms with Crippen LogP contribution in [0.15, 0.2) is 47.3 Å². The normalized spacial score (nSPS) is 10.8. The van der Waals surface area contributed by atoms with Crippen LogP contribution in [0.5, 0.6) is 0 Å². The van der Waals surface area contributed by atoms with E-state index in [1.54, 1.807) is 24.3 Å². The van der Waals surface area contributed by atoms with E-state index in [1.165, 1.54) is 0 Å². The Labute approximate surface area is 130 Å². The molecule has 3 rings (SSSR count). The molecule has 0 saturated carbocycles. The molecule has 0 unspecified atom stereocenters. The van der Waals surface area contributed by atoms with Crippen molar-refractivity contribution in [1.29, 1.82) is 0 Å². The molecular formula is C15H11Cl2N3O. The first-order chi connectivity index (χ1) is 10.1. The van der Waals surface area contributed by atoms with Gasteiger partial charge < -0.3 is 5.32 Å². The van der Waals surface area contributed by atoms with Crippen molar-refractivity contribution in [2.24, 2.45) is 0 Å². The van der Waals surface area contributed by atoms with Gasteiger partial charge in [-0.1, -0.05) is 41.4 Å². The Balaban J connectivity index is 1.85. The average Bonchev–Trinajstić information content (AvgIpc) is 2.49. The lowest BCUT2D eigenvalue weighted by Gasteiger charge is -2.07. The van der Waals surface area contributed by atoms with Crippen molar-refractivity contribution in [2.45, 2.75) is 6.54 Å². The summed E-state index contributed by atoms with van der Waals surface area (Å²) in [6, 6.07) is 12.6. The van der Waals surface area contributed by atoms with Gasteiger partial charge in [-0.2, -0.15) is 0 Å². The molecule has 0 aliphatic heterocycles. The molecule has 21 heavy (non-hydrogen) atoms. The fourth-order valence-corrected chi connectivity index (χ4v) is 2.33. The van der Waals surface area contributed by atoms with Gasteiger partial charge in [0.25, 0.3) is 5.56 Å². The molecule has 0 fully saturated rings. The van der Waals surface area contributed by atoms with Crippen LogP contribution in [-0.4, -0.2) is 9.97 Å². The zero-order chi connectivity index (χ0) is 14.8. The second-order valence-corrected chi connectivity index (χ2v) is 5.35. The van der Waals surface area contributed by atoms with E-state index < -0.39 is 0 Å². The SMILES string of the molecule is O=c1[nH]c(NCc2ccc(Cl)c(Cl)c2)nc2ccccc12. The third kappa shape index (κ3) is 3.01. The smallest absolute Gasteiger partial charge is 0.260 e. The molecule has 0 aliphatic carbocycles. The van der Waals surface area contributed by atoms with Crippen LogP contribution in [0.4, 0.5) is 5.95 Å². The molecule has 0 saturated heterocycles. The third-order valence-electron chi connectivity index (χ3n) is 3.06. The second kappa shape index (κ2) is 5.76. The second-order valence-electron chi connectivity index (χ2n) is 4.53. The first kappa shape index (κ1) is 13.9. The van der Waals surface area contributed by atoms with Crippen LogP contribution < -0.4 is 10.9 Å². The van der Waals surface area contributed by atoms with Crippen LogP contribution >= 0.6 is 23.2 Å². The molecule has 1 aromatic heterocycles. The summed E-state index contributed by atoms with van der Waals surface area (Å²) in [6.07, 6.45) is 0. The number of para-hydroxylation sites is 1. The molecule has 0 bridgehead atoms. The minimum atomic E-state index is -0.169. The molecule has 1 heterocycles. The summed E-state index contributed by atoms with van der Waals surface area (Å²) >= 11 is 11.8. The van der Waals surface area contributed by atoms with Gasteiger partial charge in [-0.3, -0.25) is 9.78 Å². The first-order valence-corrected chi connectivity index (χ1v) is 7.06. The summed E-state index contributed by atoms with van der Waals surface area (Å²) in [6.45, 7) is 0.484. The lowest BCUT2D eigenvalue weighted by molar-refractivity contribution is 1.06. The van der Waals surface area contributed by atoms with E-state index in [4.69, 9.17) is 23.2 Å². The van der Waals surface area contributed by atoms with E-state index in [0.29, 0.717) is 33.4 Å².